The summed E-state index contributed by atoms with van der Waals surface area (Å²) in [5, 5.41) is 2.81. The molecule has 0 bridgehead atoms. The zero-order valence-corrected chi connectivity index (χ0v) is 12.4. The molecule has 0 aliphatic carbocycles. The van der Waals surface area contributed by atoms with Crippen LogP contribution in [0.1, 0.15) is 31.2 Å². The first-order valence-corrected chi connectivity index (χ1v) is 7.54. The van der Waals surface area contributed by atoms with E-state index in [1.54, 1.807) is 0 Å². The lowest BCUT2D eigenvalue weighted by Crippen LogP contribution is -2.32. The monoisotopic (exact) mass is 283 g/mol. The molecule has 2 aliphatic rings. The van der Waals surface area contributed by atoms with Crippen molar-refractivity contribution in [3.63, 3.8) is 0 Å². The third-order valence-corrected chi connectivity index (χ3v) is 4.23. The van der Waals surface area contributed by atoms with Crippen molar-refractivity contribution in [2.75, 3.05) is 25.0 Å². The molecule has 0 spiro atoms. The number of carbonyl (C=O) groups excluding carboxylic acids is 1. The van der Waals surface area contributed by atoms with E-state index in [1.807, 2.05) is 18.3 Å². The average Bonchev–Trinajstić information content (AvgIpc) is 3.02. The average molecular weight is 283 g/mol. The van der Waals surface area contributed by atoms with E-state index in [9.17, 15) is 4.79 Å². The molecule has 2 heterocycles. The minimum absolute atomic E-state index is 0.0249. The molecule has 1 amide bonds. The summed E-state index contributed by atoms with van der Waals surface area (Å²) in [7, 11) is 0. The van der Waals surface area contributed by atoms with Gasteiger partial charge in [-0.05, 0) is 42.5 Å². The highest BCUT2D eigenvalue weighted by molar-refractivity contribution is 5.88. The van der Waals surface area contributed by atoms with Crippen molar-refractivity contribution in [2.24, 2.45) is 4.99 Å². The lowest BCUT2D eigenvalue weighted by Gasteiger charge is -2.34. The molecule has 0 radical (unpaired) electrons. The molecule has 0 saturated carbocycles. The van der Waals surface area contributed by atoms with Crippen LogP contribution in [0.25, 0.3) is 0 Å². The van der Waals surface area contributed by atoms with Gasteiger partial charge in [0, 0.05) is 37.6 Å². The van der Waals surface area contributed by atoms with E-state index >= 15 is 0 Å². The minimum Gasteiger partial charge on any atom is -0.373 e. The van der Waals surface area contributed by atoms with Gasteiger partial charge in [-0.25, -0.2) is 0 Å². The number of anilines is 1. The molecule has 1 N–H and O–H groups in total. The SMILES string of the molecule is CC(=O)Nc1ccc(C2CCN(C3=CC=NC3)CC2)cc1. The third kappa shape index (κ3) is 3.32. The number of carbonyl (C=O) groups is 1. The molecule has 0 unspecified atom stereocenters. The van der Waals surface area contributed by atoms with E-state index in [2.05, 4.69) is 33.4 Å². The highest BCUT2D eigenvalue weighted by Crippen LogP contribution is 2.30. The molecular weight excluding hydrogens is 262 g/mol. The van der Waals surface area contributed by atoms with Crippen LogP contribution in [-0.4, -0.2) is 36.7 Å². The van der Waals surface area contributed by atoms with Gasteiger partial charge in [-0.1, -0.05) is 12.1 Å². The molecule has 0 aromatic heterocycles. The lowest BCUT2D eigenvalue weighted by atomic mass is 9.89. The van der Waals surface area contributed by atoms with Crippen molar-refractivity contribution < 1.29 is 4.79 Å². The van der Waals surface area contributed by atoms with Crippen LogP contribution in [0.15, 0.2) is 41.0 Å². The zero-order chi connectivity index (χ0) is 14.7. The summed E-state index contributed by atoms with van der Waals surface area (Å²) < 4.78 is 0. The molecular formula is C17H21N3O. The van der Waals surface area contributed by atoms with Crippen molar-refractivity contribution in [3.8, 4) is 0 Å². The Bertz CT molecular complexity index is 566. The number of nitrogens with one attached hydrogen (secondary N) is 1. The first-order valence-electron chi connectivity index (χ1n) is 7.54. The first-order chi connectivity index (χ1) is 10.2. The Morgan fingerprint density at radius 1 is 1.24 bits per heavy atom. The van der Waals surface area contributed by atoms with Crippen molar-refractivity contribution in [1.82, 2.24) is 4.90 Å². The van der Waals surface area contributed by atoms with Crippen LogP contribution in [0.5, 0.6) is 0 Å². The number of piperidine rings is 1. The standard InChI is InChI=1S/C17H21N3O/c1-13(21)19-16-4-2-14(3-5-16)15-7-10-20(11-8-15)17-6-9-18-12-17/h2-6,9,15H,7-8,10-12H2,1H3,(H,19,21). The maximum atomic E-state index is 11.0. The fourth-order valence-electron chi connectivity index (χ4n) is 3.09. The van der Waals surface area contributed by atoms with Gasteiger partial charge in [-0.15, -0.1) is 0 Å². The van der Waals surface area contributed by atoms with Gasteiger partial charge in [-0.2, -0.15) is 0 Å². The number of rotatable bonds is 3. The Morgan fingerprint density at radius 3 is 2.52 bits per heavy atom. The lowest BCUT2D eigenvalue weighted by molar-refractivity contribution is -0.114. The first kappa shape index (κ1) is 13.9. The largest absolute Gasteiger partial charge is 0.373 e. The van der Waals surface area contributed by atoms with E-state index in [0.29, 0.717) is 5.92 Å². The predicted octanol–water partition coefficient (Wildman–Crippen LogP) is 2.79. The topological polar surface area (TPSA) is 44.7 Å². The van der Waals surface area contributed by atoms with Crippen LogP contribution >= 0.6 is 0 Å². The van der Waals surface area contributed by atoms with E-state index in [4.69, 9.17) is 0 Å². The molecule has 0 atom stereocenters. The molecule has 1 aromatic carbocycles. The third-order valence-electron chi connectivity index (χ3n) is 4.23. The van der Waals surface area contributed by atoms with Crippen LogP contribution in [0.4, 0.5) is 5.69 Å². The van der Waals surface area contributed by atoms with Crippen LogP contribution in [0.3, 0.4) is 0 Å². The Hall–Kier alpha value is -2.10. The number of likely N-dealkylation sites (tertiary alicyclic amines) is 1. The maximum absolute atomic E-state index is 11.0. The summed E-state index contributed by atoms with van der Waals surface area (Å²) >= 11 is 0. The van der Waals surface area contributed by atoms with Gasteiger partial charge < -0.3 is 10.2 Å². The number of hydrogen-bond donors (Lipinski definition) is 1. The summed E-state index contributed by atoms with van der Waals surface area (Å²) in [5.74, 6) is 0.596. The molecule has 4 heteroatoms. The van der Waals surface area contributed by atoms with Gasteiger partial charge in [-0.3, -0.25) is 9.79 Å². The van der Waals surface area contributed by atoms with Crippen LogP contribution < -0.4 is 5.32 Å². The van der Waals surface area contributed by atoms with Crippen molar-refractivity contribution in [1.29, 1.82) is 0 Å². The summed E-state index contributed by atoms with van der Waals surface area (Å²) in [6.45, 7) is 4.59. The molecule has 1 fully saturated rings. The molecule has 2 aliphatic heterocycles. The smallest absolute Gasteiger partial charge is 0.221 e. The van der Waals surface area contributed by atoms with Gasteiger partial charge in [0.2, 0.25) is 5.91 Å². The van der Waals surface area contributed by atoms with Gasteiger partial charge >= 0.3 is 0 Å². The maximum Gasteiger partial charge on any atom is 0.221 e. The second-order valence-corrected chi connectivity index (χ2v) is 5.71. The Morgan fingerprint density at radius 2 is 1.95 bits per heavy atom. The normalized spacial score (nSPS) is 18.7. The zero-order valence-electron chi connectivity index (χ0n) is 12.4. The molecule has 1 saturated heterocycles. The second kappa shape index (κ2) is 6.12. The highest BCUT2D eigenvalue weighted by Gasteiger charge is 2.22. The number of nitrogens with zero attached hydrogens (tertiary/aromatic N) is 2. The summed E-state index contributed by atoms with van der Waals surface area (Å²) in [6.07, 6.45) is 6.39. The van der Waals surface area contributed by atoms with E-state index in [-0.39, 0.29) is 5.91 Å². The fraction of sp³-hybridized carbons (Fsp3) is 0.412. The van der Waals surface area contributed by atoms with Crippen molar-refractivity contribution >= 4 is 17.8 Å². The Balaban J connectivity index is 1.57. The van der Waals surface area contributed by atoms with Crippen LogP contribution in [0.2, 0.25) is 0 Å². The van der Waals surface area contributed by atoms with Crippen molar-refractivity contribution in [3.05, 3.63) is 41.6 Å². The van der Waals surface area contributed by atoms with Crippen LogP contribution in [0, 0.1) is 0 Å². The number of benzene rings is 1. The molecule has 110 valence electrons. The van der Waals surface area contributed by atoms with Gasteiger partial charge in [0.15, 0.2) is 0 Å². The highest BCUT2D eigenvalue weighted by atomic mass is 16.1. The van der Waals surface area contributed by atoms with E-state index in [1.165, 1.54) is 31.0 Å². The predicted molar refractivity (Wildman–Crippen MR) is 85.7 cm³/mol. The summed E-state index contributed by atoms with van der Waals surface area (Å²) in [5.41, 5.74) is 3.60. The second-order valence-electron chi connectivity index (χ2n) is 5.71. The number of allylic oxidation sites excluding steroid dienone is 1. The quantitative estimate of drug-likeness (QED) is 0.927. The van der Waals surface area contributed by atoms with Gasteiger partial charge in [0.25, 0.3) is 0 Å². The van der Waals surface area contributed by atoms with Crippen molar-refractivity contribution in [2.45, 2.75) is 25.7 Å². The minimum atomic E-state index is -0.0249. The van der Waals surface area contributed by atoms with E-state index < -0.39 is 0 Å². The summed E-state index contributed by atoms with van der Waals surface area (Å²) in [4.78, 5) is 17.7. The van der Waals surface area contributed by atoms with Crippen LogP contribution in [-0.2, 0) is 4.79 Å². The number of hydrogen-bond acceptors (Lipinski definition) is 3. The van der Waals surface area contributed by atoms with Gasteiger partial charge in [0.05, 0.1) is 6.54 Å². The number of amides is 1. The molecule has 21 heavy (non-hydrogen) atoms. The Kier molecular flexibility index (Phi) is 4.04. The summed E-state index contributed by atoms with van der Waals surface area (Å²) in [6, 6.07) is 8.28. The molecule has 4 nitrogen and oxygen atoms in total. The van der Waals surface area contributed by atoms with E-state index in [0.717, 1.165) is 25.3 Å². The fourth-order valence-corrected chi connectivity index (χ4v) is 3.09. The molecule has 3 rings (SSSR count). The Labute approximate surface area is 125 Å². The number of aliphatic imine (C=N–C) groups is 1. The van der Waals surface area contributed by atoms with Gasteiger partial charge in [0.1, 0.15) is 0 Å². The molecule has 1 aromatic rings.